The summed E-state index contributed by atoms with van der Waals surface area (Å²) in [4.78, 5) is 9.34. The Morgan fingerprint density at radius 1 is 1.56 bits per heavy atom. The van der Waals surface area contributed by atoms with Crippen LogP contribution < -0.4 is 11.3 Å². The Bertz CT molecular complexity index is 445. The van der Waals surface area contributed by atoms with Crippen molar-refractivity contribution in [1.82, 2.24) is 15.4 Å². The molecule has 0 aromatic carbocycles. The van der Waals surface area contributed by atoms with Crippen LogP contribution >= 0.6 is 27.3 Å². The number of hydrazine groups is 1. The maximum Gasteiger partial charge on any atom is 0.115 e. The average molecular weight is 299 g/mol. The summed E-state index contributed by atoms with van der Waals surface area (Å²) in [6.45, 7) is 0. The fourth-order valence-corrected chi connectivity index (χ4v) is 2.92. The molecule has 0 saturated carbocycles. The van der Waals surface area contributed by atoms with Gasteiger partial charge in [0.15, 0.2) is 0 Å². The van der Waals surface area contributed by atoms with E-state index < -0.39 is 0 Å². The maximum atomic E-state index is 5.54. The van der Waals surface area contributed by atoms with Gasteiger partial charge in [-0.1, -0.05) is 0 Å². The van der Waals surface area contributed by atoms with Crippen molar-refractivity contribution < 1.29 is 0 Å². The van der Waals surface area contributed by atoms with Crippen LogP contribution in [0.15, 0.2) is 34.5 Å². The second-order valence-corrected chi connectivity index (χ2v) is 5.20. The van der Waals surface area contributed by atoms with Gasteiger partial charge < -0.3 is 0 Å². The zero-order valence-electron chi connectivity index (χ0n) is 8.43. The van der Waals surface area contributed by atoms with Crippen molar-refractivity contribution in [2.75, 3.05) is 0 Å². The van der Waals surface area contributed by atoms with Crippen molar-refractivity contribution in [3.05, 3.63) is 45.1 Å². The van der Waals surface area contributed by atoms with Gasteiger partial charge in [0, 0.05) is 27.3 Å². The van der Waals surface area contributed by atoms with E-state index in [1.807, 2.05) is 6.07 Å². The van der Waals surface area contributed by atoms with Crippen LogP contribution in [0.3, 0.4) is 0 Å². The number of thiophene rings is 1. The summed E-state index contributed by atoms with van der Waals surface area (Å²) in [6, 6.07) is 3.98. The lowest BCUT2D eigenvalue weighted by molar-refractivity contribution is 0.540. The molecule has 16 heavy (non-hydrogen) atoms. The van der Waals surface area contributed by atoms with Gasteiger partial charge in [0.2, 0.25) is 0 Å². The molecule has 0 amide bonds. The molecule has 0 saturated heterocycles. The van der Waals surface area contributed by atoms with Crippen LogP contribution in [0, 0.1) is 0 Å². The standard InChI is InChI=1S/C10H11BrN4S/c11-7-3-8(16-5-7)4-10(15-12)9-1-2-13-6-14-9/h1-3,5-6,10,15H,4,12H2. The molecule has 0 aliphatic carbocycles. The minimum atomic E-state index is 0.0218. The van der Waals surface area contributed by atoms with Gasteiger partial charge in [0.1, 0.15) is 6.33 Å². The summed E-state index contributed by atoms with van der Waals surface area (Å²) in [5.41, 5.74) is 3.68. The van der Waals surface area contributed by atoms with Crippen molar-refractivity contribution in [1.29, 1.82) is 0 Å². The van der Waals surface area contributed by atoms with Crippen molar-refractivity contribution >= 4 is 27.3 Å². The van der Waals surface area contributed by atoms with Crippen LogP contribution in [0.25, 0.3) is 0 Å². The van der Waals surface area contributed by atoms with E-state index in [1.54, 1.807) is 17.5 Å². The van der Waals surface area contributed by atoms with Crippen LogP contribution in [0.1, 0.15) is 16.6 Å². The van der Waals surface area contributed by atoms with Gasteiger partial charge in [0.05, 0.1) is 11.7 Å². The normalized spacial score (nSPS) is 12.6. The minimum Gasteiger partial charge on any atom is -0.271 e. The number of halogens is 1. The quantitative estimate of drug-likeness (QED) is 0.670. The topological polar surface area (TPSA) is 63.8 Å². The van der Waals surface area contributed by atoms with E-state index in [1.165, 1.54) is 11.2 Å². The smallest absolute Gasteiger partial charge is 0.115 e. The fourth-order valence-electron chi connectivity index (χ4n) is 1.42. The number of rotatable bonds is 4. The van der Waals surface area contributed by atoms with Crippen molar-refractivity contribution in [2.45, 2.75) is 12.5 Å². The summed E-state index contributed by atoms with van der Waals surface area (Å²) in [5, 5.41) is 2.06. The van der Waals surface area contributed by atoms with Gasteiger partial charge in [-0.15, -0.1) is 11.3 Å². The van der Waals surface area contributed by atoms with E-state index in [2.05, 4.69) is 42.8 Å². The fraction of sp³-hybridized carbons (Fsp3) is 0.200. The highest BCUT2D eigenvalue weighted by Gasteiger charge is 2.12. The number of aromatic nitrogens is 2. The molecular weight excluding hydrogens is 288 g/mol. The number of nitrogens with two attached hydrogens (primary N) is 1. The molecule has 1 atom stereocenters. The second-order valence-electron chi connectivity index (χ2n) is 3.29. The Kier molecular flexibility index (Phi) is 4.00. The average Bonchev–Trinajstić information content (AvgIpc) is 2.73. The van der Waals surface area contributed by atoms with E-state index in [0.717, 1.165) is 16.6 Å². The van der Waals surface area contributed by atoms with Crippen molar-refractivity contribution in [3.63, 3.8) is 0 Å². The number of hydrogen-bond donors (Lipinski definition) is 2. The molecule has 84 valence electrons. The molecular formula is C10H11BrN4S. The third-order valence-corrected chi connectivity index (χ3v) is 3.91. The first-order chi connectivity index (χ1) is 7.79. The molecule has 0 bridgehead atoms. The van der Waals surface area contributed by atoms with E-state index >= 15 is 0 Å². The zero-order chi connectivity index (χ0) is 11.4. The molecule has 0 radical (unpaired) electrons. The van der Waals surface area contributed by atoms with Gasteiger partial charge in [0.25, 0.3) is 0 Å². The molecule has 2 aromatic heterocycles. The Morgan fingerprint density at radius 3 is 3.00 bits per heavy atom. The summed E-state index contributed by atoms with van der Waals surface area (Å²) in [7, 11) is 0. The highest BCUT2D eigenvalue weighted by molar-refractivity contribution is 9.10. The SMILES string of the molecule is NNC(Cc1cc(Br)cs1)c1ccncn1. The first-order valence-electron chi connectivity index (χ1n) is 4.74. The Hall–Kier alpha value is -0.820. The lowest BCUT2D eigenvalue weighted by Crippen LogP contribution is -2.30. The molecule has 1 unspecified atom stereocenters. The Labute approximate surface area is 106 Å². The Morgan fingerprint density at radius 2 is 2.44 bits per heavy atom. The van der Waals surface area contributed by atoms with E-state index in [4.69, 9.17) is 5.84 Å². The lowest BCUT2D eigenvalue weighted by atomic mass is 10.1. The lowest BCUT2D eigenvalue weighted by Gasteiger charge is -2.13. The van der Waals surface area contributed by atoms with Gasteiger partial charge >= 0.3 is 0 Å². The molecule has 2 rings (SSSR count). The van der Waals surface area contributed by atoms with E-state index in [-0.39, 0.29) is 6.04 Å². The molecule has 6 heteroatoms. The summed E-state index contributed by atoms with van der Waals surface area (Å²) in [5.74, 6) is 5.54. The number of nitrogens with zero attached hydrogens (tertiary/aromatic N) is 2. The summed E-state index contributed by atoms with van der Waals surface area (Å²) >= 11 is 5.14. The highest BCUT2D eigenvalue weighted by Crippen LogP contribution is 2.24. The van der Waals surface area contributed by atoms with Gasteiger partial charge in [-0.25, -0.2) is 9.97 Å². The molecule has 4 nitrogen and oxygen atoms in total. The van der Waals surface area contributed by atoms with E-state index in [0.29, 0.717) is 0 Å². The highest BCUT2D eigenvalue weighted by atomic mass is 79.9. The van der Waals surface area contributed by atoms with Gasteiger partial charge in [-0.05, 0) is 28.1 Å². The van der Waals surface area contributed by atoms with Crippen molar-refractivity contribution in [2.24, 2.45) is 5.84 Å². The summed E-state index contributed by atoms with van der Waals surface area (Å²) in [6.07, 6.45) is 4.07. The van der Waals surface area contributed by atoms with E-state index in [9.17, 15) is 0 Å². The predicted molar refractivity (Wildman–Crippen MR) is 67.8 cm³/mol. The first-order valence-corrected chi connectivity index (χ1v) is 6.42. The molecule has 0 aliphatic rings. The maximum absolute atomic E-state index is 5.54. The van der Waals surface area contributed by atoms with Gasteiger partial charge in [-0.3, -0.25) is 11.3 Å². The molecule has 0 fully saturated rings. The Balaban J connectivity index is 2.12. The largest absolute Gasteiger partial charge is 0.271 e. The van der Waals surface area contributed by atoms with Crippen LogP contribution in [-0.2, 0) is 6.42 Å². The van der Waals surface area contributed by atoms with Crippen LogP contribution in [0.4, 0.5) is 0 Å². The van der Waals surface area contributed by atoms with Gasteiger partial charge in [-0.2, -0.15) is 0 Å². The summed E-state index contributed by atoms with van der Waals surface area (Å²) < 4.78 is 1.10. The number of hydrogen-bond acceptors (Lipinski definition) is 5. The first kappa shape index (κ1) is 11.7. The third-order valence-electron chi connectivity index (χ3n) is 2.19. The van der Waals surface area contributed by atoms with Crippen LogP contribution in [-0.4, -0.2) is 9.97 Å². The molecule has 0 aliphatic heterocycles. The molecule has 2 aromatic rings. The second kappa shape index (κ2) is 5.49. The minimum absolute atomic E-state index is 0.0218. The molecule has 2 heterocycles. The third kappa shape index (κ3) is 2.85. The van der Waals surface area contributed by atoms with Crippen LogP contribution in [0.2, 0.25) is 0 Å². The zero-order valence-corrected chi connectivity index (χ0v) is 10.8. The monoisotopic (exact) mass is 298 g/mol. The van der Waals surface area contributed by atoms with Crippen LogP contribution in [0.5, 0.6) is 0 Å². The number of nitrogens with one attached hydrogen (secondary N) is 1. The predicted octanol–water partition coefficient (Wildman–Crippen LogP) is 2.05. The molecule has 3 N–H and O–H groups in total. The molecule has 0 spiro atoms. The van der Waals surface area contributed by atoms with Crippen molar-refractivity contribution in [3.8, 4) is 0 Å².